The lowest BCUT2D eigenvalue weighted by Crippen LogP contribution is -2.25. The Morgan fingerprint density at radius 1 is 1.12 bits per heavy atom. The summed E-state index contributed by atoms with van der Waals surface area (Å²) in [6.07, 6.45) is 0.910. The molecule has 0 bridgehead atoms. The lowest BCUT2D eigenvalue weighted by molar-refractivity contribution is 0.285. The van der Waals surface area contributed by atoms with Crippen molar-refractivity contribution in [1.82, 2.24) is 4.72 Å². The summed E-state index contributed by atoms with van der Waals surface area (Å²) in [5, 5.41) is 8.51. The standard InChI is InChI=1S/C10H13F2NO3S/c11-8-5-9(12)7-10(6-8)17(15,16)13-3-1-2-4-14/h5-7,13-14H,1-4H2. The van der Waals surface area contributed by atoms with Crippen molar-refractivity contribution >= 4 is 10.0 Å². The van der Waals surface area contributed by atoms with Crippen molar-refractivity contribution in [3.05, 3.63) is 29.8 Å². The maximum Gasteiger partial charge on any atom is 0.240 e. The number of hydrogen-bond acceptors (Lipinski definition) is 3. The predicted molar refractivity (Wildman–Crippen MR) is 57.9 cm³/mol. The first-order chi connectivity index (χ1) is 7.95. The summed E-state index contributed by atoms with van der Waals surface area (Å²) in [4.78, 5) is -0.445. The molecule has 0 aliphatic rings. The van der Waals surface area contributed by atoms with E-state index in [1.807, 2.05) is 0 Å². The van der Waals surface area contributed by atoms with Gasteiger partial charge in [0.05, 0.1) is 4.90 Å². The minimum atomic E-state index is -3.90. The zero-order chi connectivity index (χ0) is 12.9. The van der Waals surface area contributed by atoms with Crippen LogP contribution in [0.3, 0.4) is 0 Å². The van der Waals surface area contributed by atoms with Crippen LogP contribution in [0.1, 0.15) is 12.8 Å². The molecule has 7 heteroatoms. The van der Waals surface area contributed by atoms with E-state index in [2.05, 4.69) is 4.72 Å². The van der Waals surface area contributed by atoms with E-state index in [0.717, 1.165) is 12.1 Å². The number of sulfonamides is 1. The van der Waals surface area contributed by atoms with Crippen molar-refractivity contribution in [2.75, 3.05) is 13.2 Å². The van der Waals surface area contributed by atoms with Crippen LogP contribution in [-0.4, -0.2) is 26.7 Å². The molecule has 0 aliphatic heterocycles. The number of aliphatic hydroxyl groups excluding tert-OH is 1. The van der Waals surface area contributed by atoms with Gasteiger partial charge < -0.3 is 5.11 Å². The van der Waals surface area contributed by atoms with Crippen molar-refractivity contribution in [2.45, 2.75) is 17.7 Å². The average molecular weight is 265 g/mol. The van der Waals surface area contributed by atoms with Crippen molar-refractivity contribution in [2.24, 2.45) is 0 Å². The fraction of sp³-hybridized carbons (Fsp3) is 0.400. The molecule has 0 aliphatic carbocycles. The minimum absolute atomic E-state index is 0.0314. The zero-order valence-corrected chi connectivity index (χ0v) is 9.80. The highest BCUT2D eigenvalue weighted by molar-refractivity contribution is 7.89. The number of hydrogen-bond donors (Lipinski definition) is 2. The van der Waals surface area contributed by atoms with Gasteiger partial charge in [-0.3, -0.25) is 0 Å². The second kappa shape index (κ2) is 6.04. The van der Waals surface area contributed by atoms with Gasteiger partial charge in [-0.25, -0.2) is 21.9 Å². The van der Waals surface area contributed by atoms with Crippen LogP contribution in [-0.2, 0) is 10.0 Å². The first kappa shape index (κ1) is 14.0. The molecule has 0 fully saturated rings. The first-order valence-electron chi connectivity index (χ1n) is 5.02. The van der Waals surface area contributed by atoms with E-state index in [4.69, 9.17) is 5.11 Å². The number of benzene rings is 1. The maximum absolute atomic E-state index is 12.8. The van der Waals surface area contributed by atoms with Gasteiger partial charge in [0, 0.05) is 19.2 Å². The molecule has 0 saturated carbocycles. The Labute approximate surface area is 98.3 Å². The highest BCUT2D eigenvalue weighted by Crippen LogP contribution is 2.13. The molecule has 1 rings (SSSR count). The van der Waals surface area contributed by atoms with Gasteiger partial charge in [0.1, 0.15) is 11.6 Å². The van der Waals surface area contributed by atoms with Gasteiger partial charge in [-0.15, -0.1) is 0 Å². The summed E-state index contributed by atoms with van der Waals surface area (Å²) in [6, 6.07) is 2.10. The van der Waals surface area contributed by atoms with Gasteiger partial charge in [0.15, 0.2) is 0 Å². The molecular weight excluding hydrogens is 252 g/mol. The molecule has 0 heterocycles. The van der Waals surface area contributed by atoms with Crippen molar-refractivity contribution < 1.29 is 22.3 Å². The van der Waals surface area contributed by atoms with Crippen molar-refractivity contribution in [1.29, 1.82) is 0 Å². The Bertz CT molecular complexity index is 456. The van der Waals surface area contributed by atoms with E-state index in [0.29, 0.717) is 18.9 Å². The average Bonchev–Trinajstić information content (AvgIpc) is 2.23. The molecule has 96 valence electrons. The summed E-state index contributed by atoms with van der Waals surface area (Å²) < 4.78 is 51.0. The van der Waals surface area contributed by atoms with E-state index in [1.165, 1.54) is 0 Å². The SMILES string of the molecule is O=S(=O)(NCCCCO)c1cc(F)cc(F)c1. The summed E-state index contributed by atoms with van der Waals surface area (Å²) in [5.41, 5.74) is 0. The fourth-order valence-corrected chi connectivity index (χ4v) is 2.33. The molecule has 0 radical (unpaired) electrons. The Morgan fingerprint density at radius 2 is 1.71 bits per heavy atom. The Kier molecular flexibility index (Phi) is 4.98. The van der Waals surface area contributed by atoms with Gasteiger partial charge in [0.25, 0.3) is 0 Å². The lowest BCUT2D eigenvalue weighted by Gasteiger charge is -2.06. The molecular formula is C10H13F2NO3S. The number of aliphatic hydroxyl groups is 1. The smallest absolute Gasteiger partial charge is 0.240 e. The van der Waals surface area contributed by atoms with Crippen LogP contribution in [0.15, 0.2) is 23.1 Å². The van der Waals surface area contributed by atoms with Gasteiger partial charge in [0.2, 0.25) is 10.0 Å². The molecule has 1 aromatic carbocycles. The topological polar surface area (TPSA) is 66.4 Å². The molecule has 0 saturated heterocycles. The maximum atomic E-state index is 12.8. The lowest BCUT2D eigenvalue weighted by atomic mass is 10.3. The number of rotatable bonds is 6. The molecule has 0 atom stereocenters. The number of halogens is 2. The van der Waals surface area contributed by atoms with Crippen LogP contribution in [0.25, 0.3) is 0 Å². The normalized spacial score (nSPS) is 11.7. The molecule has 2 N–H and O–H groups in total. The van der Waals surface area contributed by atoms with Crippen molar-refractivity contribution in [3.8, 4) is 0 Å². The summed E-state index contributed by atoms with van der Waals surface area (Å²) in [5.74, 6) is -1.89. The molecule has 0 amide bonds. The van der Waals surface area contributed by atoms with E-state index in [-0.39, 0.29) is 13.2 Å². The van der Waals surface area contributed by atoms with Gasteiger partial charge in [-0.2, -0.15) is 0 Å². The monoisotopic (exact) mass is 265 g/mol. The third-order valence-corrected chi connectivity index (χ3v) is 3.46. The third kappa shape index (κ3) is 4.37. The van der Waals surface area contributed by atoms with Crippen LogP contribution >= 0.6 is 0 Å². The molecule has 0 aromatic heterocycles. The van der Waals surface area contributed by atoms with E-state index >= 15 is 0 Å². The van der Waals surface area contributed by atoms with Crippen LogP contribution in [0.5, 0.6) is 0 Å². The largest absolute Gasteiger partial charge is 0.396 e. The summed E-state index contributed by atoms with van der Waals surface area (Å²) in [7, 11) is -3.90. The summed E-state index contributed by atoms with van der Waals surface area (Å²) >= 11 is 0. The number of unbranched alkanes of at least 4 members (excludes halogenated alkanes) is 1. The fourth-order valence-electron chi connectivity index (χ4n) is 1.21. The number of nitrogens with one attached hydrogen (secondary N) is 1. The second-order valence-corrected chi connectivity index (χ2v) is 5.20. The Balaban J connectivity index is 2.75. The molecule has 4 nitrogen and oxygen atoms in total. The van der Waals surface area contributed by atoms with E-state index in [1.54, 1.807) is 0 Å². The molecule has 0 spiro atoms. The quantitative estimate of drug-likeness (QED) is 0.755. The molecule has 0 unspecified atom stereocenters. The minimum Gasteiger partial charge on any atom is -0.396 e. The third-order valence-electron chi connectivity index (χ3n) is 2.02. The molecule has 17 heavy (non-hydrogen) atoms. The second-order valence-electron chi connectivity index (χ2n) is 3.43. The molecule has 1 aromatic rings. The van der Waals surface area contributed by atoms with Crippen LogP contribution < -0.4 is 4.72 Å². The van der Waals surface area contributed by atoms with Crippen molar-refractivity contribution in [3.63, 3.8) is 0 Å². The van der Waals surface area contributed by atoms with Gasteiger partial charge in [-0.05, 0) is 25.0 Å². The predicted octanol–water partition coefficient (Wildman–Crippen LogP) is 1.02. The van der Waals surface area contributed by atoms with Crippen LogP contribution in [0.4, 0.5) is 8.78 Å². The van der Waals surface area contributed by atoms with E-state index < -0.39 is 26.6 Å². The van der Waals surface area contributed by atoms with Gasteiger partial charge >= 0.3 is 0 Å². The first-order valence-corrected chi connectivity index (χ1v) is 6.50. The highest BCUT2D eigenvalue weighted by atomic mass is 32.2. The summed E-state index contributed by atoms with van der Waals surface area (Å²) in [6.45, 7) is 0.0807. The zero-order valence-electron chi connectivity index (χ0n) is 8.99. The van der Waals surface area contributed by atoms with Crippen LogP contribution in [0.2, 0.25) is 0 Å². The Hall–Kier alpha value is -1.05. The van der Waals surface area contributed by atoms with Crippen LogP contribution in [0, 0.1) is 11.6 Å². The highest BCUT2D eigenvalue weighted by Gasteiger charge is 2.15. The van der Waals surface area contributed by atoms with Gasteiger partial charge in [-0.1, -0.05) is 0 Å². The van der Waals surface area contributed by atoms with E-state index in [9.17, 15) is 17.2 Å². The Morgan fingerprint density at radius 3 is 2.24 bits per heavy atom.